The first kappa shape index (κ1) is 22.5. The van der Waals surface area contributed by atoms with Gasteiger partial charge in [0.2, 0.25) is 11.8 Å². The number of nitrogens with one attached hydrogen (secondary N) is 2. The van der Waals surface area contributed by atoms with Crippen LogP contribution in [-0.2, 0) is 9.59 Å². The molecule has 28 heavy (non-hydrogen) atoms. The molecule has 0 bridgehead atoms. The topological polar surface area (TPSA) is 61.4 Å². The molecule has 0 atom stereocenters. The van der Waals surface area contributed by atoms with Gasteiger partial charge in [-0.05, 0) is 51.1 Å². The molecule has 0 aliphatic heterocycles. The molecule has 150 valence electrons. The minimum absolute atomic E-state index is 0.00978. The molecule has 2 amide bonds. The number of carbonyl (C=O) groups is 2. The average molecular weight is 443 g/mol. The van der Waals surface area contributed by atoms with Crippen molar-refractivity contribution in [2.45, 2.75) is 20.8 Å². The average Bonchev–Trinajstić information content (AvgIpc) is 2.55. The summed E-state index contributed by atoms with van der Waals surface area (Å²) < 4.78 is 0. The maximum absolute atomic E-state index is 12.4. The molecular weight excluding hydrogens is 421 g/mol. The number of aryl methyl sites for hydroxylation is 3. The van der Waals surface area contributed by atoms with Gasteiger partial charge in [0, 0.05) is 5.69 Å². The molecule has 2 rings (SSSR count). The summed E-state index contributed by atoms with van der Waals surface area (Å²) in [5.74, 6) is -0.517. The van der Waals surface area contributed by atoms with Crippen molar-refractivity contribution in [1.82, 2.24) is 4.90 Å². The molecule has 0 radical (unpaired) electrons. The Kier molecular flexibility index (Phi) is 7.72. The Hall–Kier alpha value is -1.79. The third-order valence-electron chi connectivity index (χ3n) is 4.05. The van der Waals surface area contributed by atoms with E-state index < -0.39 is 0 Å². The lowest BCUT2D eigenvalue weighted by molar-refractivity contribution is -0.119. The van der Waals surface area contributed by atoms with Crippen molar-refractivity contribution in [3.8, 4) is 0 Å². The largest absolute Gasteiger partial charge is 0.324 e. The first-order valence-electron chi connectivity index (χ1n) is 8.57. The van der Waals surface area contributed by atoms with Crippen molar-refractivity contribution in [2.75, 3.05) is 30.8 Å². The zero-order valence-corrected chi connectivity index (χ0v) is 18.4. The van der Waals surface area contributed by atoms with Gasteiger partial charge in [-0.15, -0.1) is 0 Å². The molecule has 2 aromatic rings. The number of likely N-dealkylation sites (N-methyl/N-ethyl adjacent to an activating group) is 1. The summed E-state index contributed by atoms with van der Waals surface area (Å²) in [7, 11) is 1.68. The van der Waals surface area contributed by atoms with Gasteiger partial charge in [0.15, 0.2) is 0 Å². The second kappa shape index (κ2) is 9.61. The van der Waals surface area contributed by atoms with E-state index in [1.807, 2.05) is 32.9 Å². The highest BCUT2D eigenvalue weighted by Crippen LogP contribution is 2.32. The zero-order chi connectivity index (χ0) is 21.0. The third-order valence-corrected chi connectivity index (χ3v) is 5.09. The summed E-state index contributed by atoms with van der Waals surface area (Å²) >= 11 is 17.9. The van der Waals surface area contributed by atoms with Gasteiger partial charge in [0.1, 0.15) is 0 Å². The van der Waals surface area contributed by atoms with Crippen LogP contribution in [0.3, 0.4) is 0 Å². The Bertz CT molecular complexity index is 893. The number of rotatable bonds is 6. The molecule has 0 unspecified atom stereocenters. The van der Waals surface area contributed by atoms with E-state index in [0.29, 0.717) is 10.7 Å². The van der Waals surface area contributed by atoms with Crippen molar-refractivity contribution in [3.63, 3.8) is 0 Å². The molecule has 0 fully saturated rings. The number of carbonyl (C=O) groups excluding carboxylic acids is 2. The molecule has 0 aromatic heterocycles. The van der Waals surface area contributed by atoms with E-state index in [2.05, 4.69) is 10.6 Å². The van der Waals surface area contributed by atoms with Crippen molar-refractivity contribution < 1.29 is 9.59 Å². The van der Waals surface area contributed by atoms with E-state index in [9.17, 15) is 9.59 Å². The fourth-order valence-corrected chi connectivity index (χ4v) is 3.50. The SMILES string of the molecule is Cc1cc(C)c(NC(=O)CN(C)CC(=O)Nc2cc(Cl)c(Cl)cc2Cl)c(C)c1. The van der Waals surface area contributed by atoms with Crippen molar-refractivity contribution >= 4 is 58.0 Å². The van der Waals surface area contributed by atoms with Crippen LogP contribution in [0, 0.1) is 20.8 Å². The molecule has 0 aliphatic carbocycles. The molecule has 0 aliphatic rings. The van der Waals surface area contributed by atoms with E-state index in [-0.39, 0.29) is 34.9 Å². The van der Waals surface area contributed by atoms with Crippen LogP contribution in [0.4, 0.5) is 11.4 Å². The maximum atomic E-state index is 12.4. The molecule has 2 aromatic carbocycles. The second-order valence-corrected chi connectivity index (χ2v) is 8.01. The van der Waals surface area contributed by atoms with E-state index in [4.69, 9.17) is 34.8 Å². The summed E-state index contributed by atoms with van der Waals surface area (Å²) in [5, 5.41) is 6.47. The van der Waals surface area contributed by atoms with E-state index >= 15 is 0 Å². The number of amides is 2. The maximum Gasteiger partial charge on any atom is 0.238 e. The minimum atomic E-state index is -0.321. The Morgan fingerprint density at radius 1 is 0.821 bits per heavy atom. The van der Waals surface area contributed by atoms with Crippen molar-refractivity contribution in [3.05, 3.63) is 56.0 Å². The highest BCUT2D eigenvalue weighted by Gasteiger charge is 2.15. The van der Waals surface area contributed by atoms with Crippen LogP contribution in [0.5, 0.6) is 0 Å². The molecule has 0 saturated carbocycles. The number of nitrogens with zero attached hydrogens (tertiary/aromatic N) is 1. The number of hydrogen-bond acceptors (Lipinski definition) is 3. The lowest BCUT2D eigenvalue weighted by atomic mass is 10.1. The van der Waals surface area contributed by atoms with Crippen LogP contribution < -0.4 is 10.6 Å². The van der Waals surface area contributed by atoms with Gasteiger partial charge < -0.3 is 10.6 Å². The quantitative estimate of drug-likeness (QED) is 0.613. The number of benzene rings is 2. The van der Waals surface area contributed by atoms with E-state index in [1.165, 1.54) is 12.1 Å². The third kappa shape index (κ3) is 6.11. The first-order chi connectivity index (χ1) is 13.1. The number of halogens is 3. The summed E-state index contributed by atoms with van der Waals surface area (Å²) in [6.45, 7) is 5.99. The molecular formula is C20H22Cl3N3O2. The predicted molar refractivity (Wildman–Crippen MR) is 117 cm³/mol. The van der Waals surface area contributed by atoms with E-state index in [0.717, 1.165) is 22.4 Å². The first-order valence-corrected chi connectivity index (χ1v) is 9.71. The molecule has 0 saturated heterocycles. The number of hydrogen-bond donors (Lipinski definition) is 2. The fraction of sp³-hybridized carbons (Fsp3) is 0.300. The minimum Gasteiger partial charge on any atom is -0.324 e. The van der Waals surface area contributed by atoms with E-state index in [1.54, 1.807) is 11.9 Å². The van der Waals surface area contributed by atoms with Gasteiger partial charge in [-0.3, -0.25) is 14.5 Å². The summed E-state index contributed by atoms with van der Waals surface area (Å²) in [6.07, 6.45) is 0. The Morgan fingerprint density at radius 3 is 1.89 bits per heavy atom. The Balaban J connectivity index is 1.93. The normalized spacial score (nSPS) is 10.9. The van der Waals surface area contributed by atoms with Gasteiger partial charge in [0.25, 0.3) is 0 Å². The zero-order valence-electron chi connectivity index (χ0n) is 16.1. The summed E-state index contributed by atoms with van der Waals surface area (Å²) in [5.41, 5.74) is 4.31. The van der Waals surface area contributed by atoms with Crippen LogP contribution in [0.25, 0.3) is 0 Å². The summed E-state index contributed by atoms with van der Waals surface area (Å²) in [4.78, 5) is 26.2. The fourth-order valence-electron chi connectivity index (χ4n) is 2.91. The van der Waals surface area contributed by atoms with Crippen molar-refractivity contribution in [1.29, 1.82) is 0 Å². The highest BCUT2D eigenvalue weighted by molar-refractivity contribution is 6.44. The Labute approximate surface area is 180 Å². The molecule has 0 spiro atoms. The second-order valence-electron chi connectivity index (χ2n) is 6.79. The van der Waals surface area contributed by atoms with Gasteiger partial charge in [-0.2, -0.15) is 0 Å². The Morgan fingerprint density at radius 2 is 1.32 bits per heavy atom. The smallest absolute Gasteiger partial charge is 0.238 e. The van der Waals surface area contributed by atoms with Crippen LogP contribution in [0.15, 0.2) is 24.3 Å². The van der Waals surface area contributed by atoms with Crippen LogP contribution >= 0.6 is 34.8 Å². The lowest BCUT2D eigenvalue weighted by Crippen LogP contribution is -2.36. The summed E-state index contributed by atoms with van der Waals surface area (Å²) in [6, 6.07) is 6.98. The van der Waals surface area contributed by atoms with Crippen LogP contribution in [-0.4, -0.2) is 36.9 Å². The molecule has 0 heterocycles. The van der Waals surface area contributed by atoms with Gasteiger partial charge in [0.05, 0.1) is 33.8 Å². The van der Waals surface area contributed by atoms with Crippen molar-refractivity contribution in [2.24, 2.45) is 0 Å². The van der Waals surface area contributed by atoms with Crippen LogP contribution in [0.1, 0.15) is 16.7 Å². The lowest BCUT2D eigenvalue weighted by Gasteiger charge is -2.18. The number of anilines is 2. The monoisotopic (exact) mass is 441 g/mol. The van der Waals surface area contributed by atoms with Crippen LogP contribution in [0.2, 0.25) is 15.1 Å². The van der Waals surface area contributed by atoms with Gasteiger partial charge >= 0.3 is 0 Å². The predicted octanol–water partition coefficient (Wildman–Crippen LogP) is 5.08. The molecule has 8 heteroatoms. The molecule has 2 N–H and O–H groups in total. The molecule has 5 nitrogen and oxygen atoms in total. The van der Waals surface area contributed by atoms with Gasteiger partial charge in [-0.1, -0.05) is 52.5 Å². The standard InChI is InChI=1S/C20H22Cl3N3O2/c1-11-5-12(2)20(13(3)6-11)25-19(28)10-26(4)9-18(27)24-17-8-15(22)14(21)7-16(17)23/h5-8H,9-10H2,1-4H3,(H,24,27)(H,25,28). The highest BCUT2D eigenvalue weighted by atomic mass is 35.5. The van der Waals surface area contributed by atoms with Gasteiger partial charge in [-0.25, -0.2) is 0 Å².